The molecular formula is C29H35F3N4O5. The number of Topliss-reactive ketones (excluding diaryl/α,β-unsaturated/α-hetero) is 1. The number of nitrogens with one attached hydrogen (secondary N) is 1. The van der Waals surface area contributed by atoms with Crippen LogP contribution in [0.1, 0.15) is 63.8 Å². The molecule has 3 aromatic rings. The van der Waals surface area contributed by atoms with E-state index < -0.39 is 12.1 Å². The fourth-order valence-electron chi connectivity index (χ4n) is 4.53. The molecule has 9 nitrogen and oxygen atoms in total. The van der Waals surface area contributed by atoms with Gasteiger partial charge < -0.3 is 19.7 Å². The van der Waals surface area contributed by atoms with Gasteiger partial charge in [-0.1, -0.05) is 50.1 Å². The number of carboxylic acids is 1. The lowest BCUT2D eigenvalue weighted by molar-refractivity contribution is -0.192. The highest BCUT2D eigenvalue weighted by atomic mass is 19.4. The zero-order chi connectivity index (χ0) is 30.0. The molecule has 1 saturated heterocycles. The van der Waals surface area contributed by atoms with Gasteiger partial charge in [0.05, 0.1) is 5.92 Å². The maximum Gasteiger partial charge on any atom is 0.490 e. The lowest BCUT2D eigenvalue weighted by Gasteiger charge is -2.18. The van der Waals surface area contributed by atoms with Gasteiger partial charge in [-0.25, -0.2) is 4.79 Å². The first-order chi connectivity index (χ1) is 19.5. The van der Waals surface area contributed by atoms with Crippen molar-refractivity contribution in [2.75, 3.05) is 20.1 Å². The summed E-state index contributed by atoms with van der Waals surface area (Å²) in [6.45, 7) is 3.60. The summed E-state index contributed by atoms with van der Waals surface area (Å²) in [5.41, 5.74) is 0.859. The SMILES string of the molecule is CCC(=O)CCCCC[C@H](NC(=O)[C@@H]1CCN(C)C1)c1nnc(-c2ccc3ccccc3c2)o1.O=C(O)C(F)(F)F. The lowest BCUT2D eigenvalue weighted by Crippen LogP contribution is -2.35. The highest BCUT2D eigenvalue weighted by Crippen LogP contribution is 2.27. The fraction of sp³-hybridized carbons (Fsp3) is 0.483. The summed E-state index contributed by atoms with van der Waals surface area (Å²) in [5.74, 6) is -1.54. The molecule has 2 N–H and O–H groups in total. The largest absolute Gasteiger partial charge is 0.490 e. The van der Waals surface area contributed by atoms with E-state index in [9.17, 15) is 22.8 Å². The van der Waals surface area contributed by atoms with Crippen LogP contribution in [0, 0.1) is 5.92 Å². The highest BCUT2D eigenvalue weighted by molar-refractivity contribution is 5.86. The molecule has 0 bridgehead atoms. The molecule has 1 fully saturated rings. The quantitative estimate of drug-likeness (QED) is 0.284. The molecule has 0 radical (unpaired) electrons. The van der Waals surface area contributed by atoms with Gasteiger partial charge in [0.2, 0.25) is 17.7 Å². The Balaban J connectivity index is 0.000000587. The summed E-state index contributed by atoms with van der Waals surface area (Å²) in [6, 6.07) is 13.9. The van der Waals surface area contributed by atoms with Crippen molar-refractivity contribution in [1.29, 1.82) is 0 Å². The molecule has 41 heavy (non-hydrogen) atoms. The Bertz CT molecular complexity index is 1330. The molecule has 1 aliphatic rings. The number of hydrogen-bond donors (Lipinski definition) is 2. The first kappa shape index (κ1) is 31.7. The van der Waals surface area contributed by atoms with E-state index in [1.165, 1.54) is 0 Å². The Labute approximate surface area is 236 Å². The van der Waals surface area contributed by atoms with Crippen molar-refractivity contribution >= 4 is 28.4 Å². The molecule has 2 heterocycles. The number of amides is 1. The smallest absolute Gasteiger partial charge is 0.475 e. The Morgan fingerprint density at radius 1 is 1.10 bits per heavy atom. The van der Waals surface area contributed by atoms with Gasteiger partial charge in [-0.05, 0) is 55.8 Å². The van der Waals surface area contributed by atoms with Crippen molar-refractivity contribution in [3.63, 3.8) is 0 Å². The Morgan fingerprint density at radius 3 is 2.44 bits per heavy atom. The monoisotopic (exact) mass is 576 g/mol. The minimum Gasteiger partial charge on any atom is -0.475 e. The number of hydrogen-bond acceptors (Lipinski definition) is 7. The van der Waals surface area contributed by atoms with Crippen molar-refractivity contribution in [2.24, 2.45) is 5.92 Å². The maximum atomic E-state index is 12.9. The number of aromatic nitrogens is 2. The third kappa shape index (κ3) is 9.66. The van der Waals surface area contributed by atoms with Gasteiger partial charge >= 0.3 is 12.1 Å². The summed E-state index contributed by atoms with van der Waals surface area (Å²) in [7, 11) is 2.04. The number of benzene rings is 2. The zero-order valence-corrected chi connectivity index (χ0v) is 23.1. The van der Waals surface area contributed by atoms with Crippen molar-refractivity contribution in [1.82, 2.24) is 20.4 Å². The van der Waals surface area contributed by atoms with Crippen LogP contribution in [-0.2, 0) is 14.4 Å². The molecule has 0 spiro atoms. The number of carbonyl (C=O) groups is 3. The van der Waals surface area contributed by atoms with E-state index in [-0.39, 0.29) is 17.9 Å². The van der Waals surface area contributed by atoms with Crippen molar-refractivity contribution in [3.8, 4) is 11.5 Å². The van der Waals surface area contributed by atoms with Crippen LogP contribution in [0.5, 0.6) is 0 Å². The molecule has 222 valence electrons. The Hall–Kier alpha value is -3.80. The third-order valence-electron chi connectivity index (χ3n) is 6.90. The minimum atomic E-state index is -5.08. The van der Waals surface area contributed by atoms with Crippen LogP contribution < -0.4 is 5.32 Å². The average molecular weight is 577 g/mol. The van der Waals surface area contributed by atoms with E-state index in [2.05, 4.69) is 32.5 Å². The van der Waals surface area contributed by atoms with E-state index in [0.29, 0.717) is 36.8 Å². The van der Waals surface area contributed by atoms with E-state index in [4.69, 9.17) is 14.3 Å². The van der Waals surface area contributed by atoms with Crippen LogP contribution >= 0.6 is 0 Å². The van der Waals surface area contributed by atoms with Gasteiger partial charge in [-0.2, -0.15) is 13.2 Å². The van der Waals surface area contributed by atoms with Crippen LogP contribution in [0.25, 0.3) is 22.2 Å². The summed E-state index contributed by atoms with van der Waals surface area (Å²) >= 11 is 0. The number of carbonyl (C=O) groups excluding carboxylic acids is 2. The Kier molecular flexibility index (Phi) is 11.4. The van der Waals surface area contributed by atoms with Gasteiger partial charge in [-0.15, -0.1) is 10.2 Å². The number of alkyl halides is 3. The van der Waals surface area contributed by atoms with Crippen LogP contribution in [0.2, 0.25) is 0 Å². The van der Waals surface area contributed by atoms with Gasteiger partial charge in [0.25, 0.3) is 0 Å². The van der Waals surface area contributed by atoms with E-state index in [0.717, 1.165) is 55.1 Å². The summed E-state index contributed by atoms with van der Waals surface area (Å²) in [4.78, 5) is 35.6. The number of ketones is 1. The molecule has 2 atom stereocenters. The van der Waals surface area contributed by atoms with Gasteiger partial charge in [0.15, 0.2) is 0 Å². The number of unbranched alkanes of at least 4 members (excludes halogenated alkanes) is 2. The first-order valence-corrected chi connectivity index (χ1v) is 13.6. The molecular weight excluding hydrogens is 541 g/mol. The fourth-order valence-corrected chi connectivity index (χ4v) is 4.53. The van der Waals surface area contributed by atoms with E-state index in [1.807, 2.05) is 44.3 Å². The van der Waals surface area contributed by atoms with Crippen molar-refractivity contribution in [2.45, 2.75) is 64.1 Å². The number of carboxylic acid groups (broad SMARTS) is 1. The first-order valence-electron chi connectivity index (χ1n) is 13.6. The number of likely N-dealkylation sites (tertiary alicyclic amines) is 1. The highest BCUT2D eigenvalue weighted by Gasteiger charge is 2.38. The molecule has 0 saturated carbocycles. The molecule has 12 heteroatoms. The second-order valence-electron chi connectivity index (χ2n) is 10.1. The van der Waals surface area contributed by atoms with Crippen LogP contribution in [0.3, 0.4) is 0 Å². The zero-order valence-electron chi connectivity index (χ0n) is 23.1. The number of aliphatic carboxylic acids is 1. The number of nitrogens with zero attached hydrogens (tertiary/aromatic N) is 3. The topological polar surface area (TPSA) is 126 Å². The third-order valence-corrected chi connectivity index (χ3v) is 6.90. The summed E-state index contributed by atoms with van der Waals surface area (Å²) in [5, 5.41) is 21.2. The summed E-state index contributed by atoms with van der Waals surface area (Å²) < 4.78 is 37.8. The lowest BCUT2D eigenvalue weighted by atomic mass is 10.0. The van der Waals surface area contributed by atoms with E-state index >= 15 is 0 Å². The maximum absolute atomic E-state index is 12.9. The van der Waals surface area contributed by atoms with E-state index in [1.54, 1.807) is 0 Å². The van der Waals surface area contributed by atoms with Crippen molar-refractivity contribution < 1.29 is 37.1 Å². The van der Waals surface area contributed by atoms with Crippen LogP contribution in [-0.4, -0.2) is 64.2 Å². The molecule has 1 aromatic heterocycles. The molecule has 1 amide bonds. The summed E-state index contributed by atoms with van der Waals surface area (Å²) in [6.07, 6.45) is 0.361. The molecule has 0 unspecified atom stereocenters. The predicted octanol–water partition coefficient (Wildman–Crippen LogP) is 5.56. The number of rotatable bonds is 11. The molecule has 4 rings (SSSR count). The van der Waals surface area contributed by atoms with Gasteiger partial charge in [-0.3, -0.25) is 9.59 Å². The molecule has 2 aromatic carbocycles. The van der Waals surface area contributed by atoms with Crippen LogP contribution in [0.15, 0.2) is 46.9 Å². The van der Waals surface area contributed by atoms with Gasteiger partial charge in [0.1, 0.15) is 11.8 Å². The average Bonchev–Trinajstić information content (AvgIpc) is 3.61. The second kappa shape index (κ2) is 14.7. The van der Waals surface area contributed by atoms with Crippen molar-refractivity contribution in [3.05, 3.63) is 48.4 Å². The molecule has 0 aliphatic carbocycles. The predicted molar refractivity (Wildman–Crippen MR) is 146 cm³/mol. The second-order valence-corrected chi connectivity index (χ2v) is 10.1. The minimum absolute atomic E-state index is 0.0162. The number of halogens is 3. The normalized spacial score (nSPS) is 16.2. The Morgan fingerprint density at radius 2 is 1.80 bits per heavy atom. The molecule has 1 aliphatic heterocycles. The number of fused-ring (bicyclic) bond motifs is 1. The van der Waals surface area contributed by atoms with Gasteiger partial charge in [0, 0.05) is 24.9 Å². The van der Waals surface area contributed by atoms with Crippen LogP contribution in [0.4, 0.5) is 13.2 Å². The standard InChI is InChI=1S/C27H34N4O3.C2HF3O2/c1-3-23(32)11-5-4-6-12-24(28-25(33)22-15-16-31(2)18-22)27-30-29-26(34-27)21-14-13-19-9-7-8-10-20(19)17-21;3-2(4,5)1(6)7/h7-10,13-14,17,22,24H,3-6,11-12,15-16,18H2,1-2H3,(H,28,33);(H,6,7)/t22-,24+;/m1./s1.